The van der Waals surface area contributed by atoms with E-state index in [2.05, 4.69) is 101 Å². The lowest BCUT2D eigenvalue weighted by molar-refractivity contribution is -0.133. The van der Waals surface area contributed by atoms with Crippen molar-refractivity contribution in [3.05, 3.63) is 72.3 Å². The van der Waals surface area contributed by atoms with Crippen LogP contribution in [-0.2, 0) is 9.22 Å². The van der Waals surface area contributed by atoms with E-state index >= 15 is 0 Å². The van der Waals surface area contributed by atoms with Crippen LogP contribution in [0.15, 0.2) is 72.3 Å². The molecule has 0 spiro atoms. The van der Waals surface area contributed by atoms with Crippen molar-refractivity contribution in [3.63, 3.8) is 0 Å². The molecule has 4 aliphatic carbocycles. The van der Waals surface area contributed by atoms with E-state index in [1.165, 1.54) is 23.2 Å². The lowest BCUT2D eigenvalue weighted by atomic mass is 9.47. The normalized spacial score (nSPS) is 35.2. The molecule has 0 N–H and O–H groups in total. The fourth-order valence-corrected chi connectivity index (χ4v) is 14.4. The molecule has 0 saturated heterocycles. The maximum atomic E-state index is 13.0. The smallest absolute Gasteiger partial charge is 0.261 e. The van der Waals surface area contributed by atoms with Gasteiger partial charge in [0, 0.05) is 17.3 Å². The highest BCUT2D eigenvalue weighted by Gasteiger charge is 2.62. The molecule has 202 valence electrons. The summed E-state index contributed by atoms with van der Waals surface area (Å²) in [5.74, 6) is 2.29. The summed E-state index contributed by atoms with van der Waals surface area (Å²) in [6, 6.07) is 22.3. The van der Waals surface area contributed by atoms with Gasteiger partial charge in [-0.3, -0.25) is 4.79 Å². The number of Topliss-reactive ketones (excluding diaryl/α,β-unsaturated/α-hetero) is 1. The van der Waals surface area contributed by atoms with E-state index in [1.54, 1.807) is 5.57 Å². The lowest BCUT2D eigenvalue weighted by Crippen LogP contribution is -2.69. The van der Waals surface area contributed by atoms with Crippen LogP contribution in [0.2, 0.25) is 5.04 Å². The molecule has 2 aromatic carbocycles. The molecule has 2 nitrogen and oxygen atoms in total. The Bertz CT molecular complexity index is 1170. The number of benzene rings is 2. The van der Waals surface area contributed by atoms with Crippen LogP contribution in [0.25, 0.3) is 0 Å². The van der Waals surface area contributed by atoms with Crippen molar-refractivity contribution in [1.82, 2.24) is 0 Å². The SMILES string of the molecule is CC(C)(C)[Si](OC1CCCC2=CC[C@H]3[C@@H]4CCC(=O)[C@@]4(C)CC[C@@H]3[C@]21C)(c1ccccc1)c1ccccc1. The molecule has 38 heavy (non-hydrogen) atoms. The highest BCUT2D eigenvalue weighted by atomic mass is 28.4. The van der Waals surface area contributed by atoms with Gasteiger partial charge in [0.05, 0.1) is 6.10 Å². The Morgan fingerprint density at radius 3 is 2.08 bits per heavy atom. The predicted octanol–water partition coefficient (Wildman–Crippen LogP) is 7.46. The van der Waals surface area contributed by atoms with Crippen LogP contribution < -0.4 is 10.4 Å². The minimum absolute atomic E-state index is 0.0233. The minimum atomic E-state index is -2.65. The third-order valence-electron chi connectivity index (χ3n) is 11.6. The van der Waals surface area contributed by atoms with Crippen LogP contribution in [0.4, 0.5) is 0 Å². The molecular formula is C35H46O2Si. The Labute approximate surface area is 231 Å². The molecule has 0 amide bonds. The molecule has 3 heteroatoms. The van der Waals surface area contributed by atoms with Crippen molar-refractivity contribution in [2.45, 2.75) is 97.1 Å². The van der Waals surface area contributed by atoms with Gasteiger partial charge in [0.15, 0.2) is 0 Å². The number of hydrogen-bond acceptors (Lipinski definition) is 2. The van der Waals surface area contributed by atoms with E-state index in [0.29, 0.717) is 23.5 Å². The topological polar surface area (TPSA) is 26.3 Å². The average Bonchev–Trinajstić information content (AvgIpc) is 3.22. The van der Waals surface area contributed by atoms with E-state index in [0.717, 1.165) is 38.5 Å². The quantitative estimate of drug-likeness (QED) is 0.305. The van der Waals surface area contributed by atoms with Crippen LogP contribution in [0.1, 0.15) is 86.0 Å². The Morgan fingerprint density at radius 1 is 0.842 bits per heavy atom. The van der Waals surface area contributed by atoms with Gasteiger partial charge in [0.1, 0.15) is 5.78 Å². The molecule has 0 bridgehead atoms. The fraction of sp³-hybridized carbons (Fsp3) is 0.571. The molecule has 0 radical (unpaired) electrons. The van der Waals surface area contributed by atoms with Crippen molar-refractivity contribution < 1.29 is 9.22 Å². The van der Waals surface area contributed by atoms with Gasteiger partial charge in [0.2, 0.25) is 0 Å². The predicted molar refractivity (Wildman–Crippen MR) is 159 cm³/mol. The molecular weight excluding hydrogens is 480 g/mol. The van der Waals surface area contributed by atoms with E-state index in [1.807, 2.05) is 0 Å². The highest BCUT2D eigenvalue weighted by molar-refractivity contribution is 6.99. The number of carbonyl (C=O) groups is 1. The molecule has 6 rings (SSSR count). The van der Waals surface area contributed by atoms with Crippen LogP contribution in [0.5, 0.6) is 0 Å². The first-order valence-electron chi connectivity index (χ1n) is 15.1. The number of allylic oxidation sites excluding steroid dienone is 1. The highest BCUT2D eigenvalue weighted by Crippen LogP contribution is 2.64. The molecule has 1 unspecified atom stereocenters. The Morgan fingerprint density at radius 2 is 1.47 bits per heavy atom. The van der Waals surface area contributed by atoms with Gasteiger partial charge in [-0.05, 0) is 78.1 Å². The summed E-state index contributed by atoms with van der Waals surface area (Å²) in [6.07, 6.45) is 11.6. The molecule has 0 aromatic heterocycles. The second-order valence-corrected chi connectivity index (χ2v) is 18.5. The zero-order chi connectivity index (χ0) is 26.8. The van der Waals surface area contributed by atoms with Crippen molar-refractivity contribution in [1.29, 1.82) is 0 Å². The monoisotopic (exact) mass is 526 g/mol. The van der Waals surface area contributed by atoms with Crippen molar-refractivity contribution >= 4 is 24.5 Å². The fourth-order valence-electron chi connectivity index (χ4n) is 9.55. The molecule has 0 heterocycles. The van der Waals surface area contributed by atoms with Crippen LogP contribution >= 0.6 is 0 Å². The lowest BCUT2D eigenvalue weighted by Gasteiger charge is -2.60. The van der Waals surface area contributed by atoms with Gasteiger partial charge in [-0.15, -0.1) is 0 Å². The zero-order valence-corrected chi connectivity index (χ0v) is 25.1. The Balaban J connectivity index is 1.46. The third-order valence-corrected chi connectivity index (χ3v) is 16.6. The number of fused-ring (bicyclic) bond motifs is 5. The van der Waals surface area contributed by atoms with Crippen LogP contribution in [0, 0.1) is 28.6 Å². The van der Waals surface area contributed by atoms with Crippen molar-refractivity contribution in [2.75, 3.05) is 0 Å². The largest absolute Gasteiger partial charge is 0.404 e. The summed E-state index contributed by atoms with van der Waals surface area (Å²) >= 11 is 0. The first-order chi connectivity index (χ1) is 18.1. The van der Waals surface area contributed by atoms with Crippen LogP contribution in [0.3, 0.4) is 0 Å². The van der Waals surface area contributed by atoms with Crippen molar-refractivity contribution in [3.8, 4) is 0 Å². The second-order valence-electron chi connectivity index (χ2n) is 14.2. The second kappa shape index (κ2) is 9.30. The van der Waals surface area contributed by atoms with Gasteiger partial charge < -0.3 is 4.43 Å². The van der Waals surface area contributed by atoms with Crippen molar-refractivity contribution in [2.24, 2.45) is 28.6 Å². The summed E-state index contributed by atoms with van der Waals surface area (Å²) < 4.78 is 7.93. The van der Waals surface area contributed by atoms with Gasteiger partial charge in [-0.25, -0.2) is 0 Å². The molecule has 3 fully saturated rings. The summed E-state index contributed by atoms with van der Waals surface area (Å²) in [5.41, 5.74) is 1.61. The Kier molecular flexibility index (Phi) is 6.43. The summed E-state index contributed by atoms with van der Waals surface area (Å²) in [5, 5.41) is 2.73. The number of hydrogen-bond donors (Lipinski definition) is 0. The maximum Gasteiger partial charge on any atom is 0.261 e. The molecule has 6 atom stereocenters. The minimum Gasteiger partial charge on any atom is -0.404 e. The van der Waals surface area contributed by atoms with Gasteiger partial charge in [-0.1, -0.05) is 107 Å². The van der Waals surface area contributed by atoms with Gasteiger partial charge in [-0.2, -0.15) is 0 Å². The summed E-state index contributed by atoms with van der Waals surface area (Å²) in [7, 11) is -2.65. The molecule has 2 aromatic rings. The van der Waals surface area contributed by atoms with E-state index < -0.39 is 8.32 Å². The standard InChI is InChI=1S/C35H46O2Si/c1-33(2,3)38(26-14-8-6-9-15-26,27-16-10-7-11-17-27)37-32-18-12-13-25-19-20-28-29-21-22-31(36)34(29,4)24-23-30(28)35(25,32)5/h6-11,14-17,19,28-30,32H,12-13,18,20-24H2,1-5H3/t28-,29-,30-,32?,34-,35-/m0/s1. The molecule has 3 saturated carbocycles. The van der Waals surface area contributed by atoms with E-state index in [-0.39, 0.29) is 22.0 Å². The van der Waals surface area contributed by atoms with Gasteiger partial charge in [0.25, 0.3) is 8.32 Å². The molecule has 0 aliphatic heterocycles. The first kappa shape index (κ1) is 26.3. The summed E-state index contributed by atoms with van der Waals surface area (Å²) in [6.45, 7) is 12.1. The number of carbonyl (C=O) groups excluding carboxylic acids is 1. The zero-order valence-electron chi connectivity index (χ0n) is 24.1. The van der Waals surface area contributed by atoms with E-state index in [4.69, 9.17) is 4.43 Å². The molecule has 4 aliphatic rings. The number of rotatable bonds is 4. The summed E-state index contributed by atoms with van der Waals surface area (Å²) in [4.78, 5) is 13.0. The van der Waals surface area contributed by atoms with Crippen LogP contribution in [-0.4, -0.2) is 20.2 Å². The third kappa shape index (κ3) is 3.71. The van der Waals surface area contributed by atoms with E-state index in [9.17, 15) is 4.79 Å². The first-order valence-corrected chi connectivity index (χ1v) is 17.0. The Hall–Kier alpha value is -1.97. The average molecular weight is 527 g/mol. The maximum absolute atomic E-state index is 13.0. The van der Waals surface area contributed by atoms with Gasteiger partial charge >= 0.3 is 0 Å². The number of ketones is 1.